The Morgan fingerprint density at radius 2 is 2.08 bits per heavy atom. The van der Waals surface area contributed by atoms with Gasteiger partial charge < -0.3 is 4.57 Å². The van der Waals surface area contributed by atoms with Crippen LogP contribution in [0.5, 0.6) is 0 Å². The summed E-state index contributed by atoms with van der Waals surface area (Å²) in [5, 5.41) is 5.36. The predicted molar refractivity (Wildman–Crippen MR) is 98.1 cm³/mol. The monoisotopic (exact) mass is 351 g/mol. The van der Waals surface area contributed by atoms with Gasteiger partial charge >= 0.3 is 0 Å². The zero-order valence-corrected chi connectivity index (χ0v) is 14.6. The highest BCUT2D eigenvalue weighted by molar-refractivity contribution is 7.09. The van der Waals surface area contributed by atoms with Gasteiger partial charge in [0.25, 0.3) is 11.8 Å². The summed E-state index contributed by atoms with van der Waals surface area (Å²) in [5.41, 5.74) is 2.54. The Morgan fingerprint density at radius 1 is 1.20 bits per heavy atom. The van der Waals surface area contributed by atoms with Crippen LogP contribution in [0.15, 0.2) is 47.6 Å². The van der Waals surface area contributed by atoms with Crippen LogP contribution in [-0.4, -0.2) is 21.4 Å². The molecule has 3 aromatic rings. The lowest BCUT2D eigenvalue weighted by Crippen LogP contribution is -2.22. The number of rotatable bonds is 5. The first-order valence-corrected chi connectivity index (χ1v) is 9.06. The molecule has 4 rings (SSSR count). The Hall–Kier alpha value is -2.73. The normalized spacial score (nSPS) is 14.6. The van der Waals surface area contributed by atoms with Crippen molar-refractivity contribution in [3.8, 4) is 0 Å². The number of amides is 2. The van der Waals surface area contributed by atoms with E-state index in [1.54, 1.807) is 24.5 Å². The molecule has 6 heteroatoms. The average molecular weight is 351 g/mol. The number of hydrogen-bond donors (Lipinski definition) is 1. The molecule has 4 heterocycles. The van der Waals surface area contributed by atoms with E-state index in [1.807, 2.05) is 18.3 Å². The molecule has 25 heavy (non-hydrogen) atoms. The van der Waals surface area contributed by atoms with Gasteiger partial charge in [-0.3, -0.25) is 14.9 Å². The lowest BCUT2D eigenvalue weighted by atomic mass is 10.0. The zero-order valence-electron chi connectivity index (χ0n) is 13.8. The van der Waals surface area contributed by atoms with Crippen molar-refractivity contribution in [1.82, 2.24) is 14.9 Å². The van der Waals surface area contributed by atoms with E-state index < -0.39 is 0 Å². The third-order valence-electron chi connectivity index (χ3n) is 4.48. The van der Waals surface area contributed by atoms with Crippen molar-refractivity contribution < 1.29 is 9.59 Å². The molecule has 1 aliphatic rings. The first kappa shape index (κ1) is 15.8. The highest BCUT2D eigenvalue weighted by Gasteiger charge is 2.30. The van der Waals surface area contributed by atoms with Crippen molar-refractivity contribution in [3.63, 3.8) is 0 Å². The second-order valence-electron chi connectivity index (χ2n) is 6.08. The maximum Gasteiger partial charge on any atom is 0.259 e. The summed E-state index contributed by atoms with van der Waals surface area (Å²) in [6.45, 7) is 2.50. The van der Waals surface area contributed by atoms with E-state index in [2.05, 4.69) is 32.4 Å². The standard InChI is InChI=1S/C19H17N3O2S/c1-12-16(19(24)21-18(12)23)15-11-22(17-14(15)7-2-8-20-17)9-3-5-13-6-4-10-25-13/h2,4,6-8,10-11H,3,5,9H2,1H3,(H,21,23,24). The highest BCUT2D eigenvalue weighted by atomic mass is 32.1. The molecule has 0 fully saturated rings. The van der Waals surface area contributed by atoms with E-state index in [4.69, 9.17) is 0 Å². The molecule has 0 saturated carbocycles. The Morgan fingerprint density at radius 3 is 2.80 bits per heavy atom. The van der Waals surface area contributed by atoms with E-state index >= 15 is 0 Å². The van der Waals surface area contributed by atoms with Gasteiger partial charge in [-0.05, 0) is 43.3 Å². The number of fused-ring (bicyclic) bond motifs is 1. The molecule has 2 amide bonds. The number of hydrogen-bond acceptors (Lipinski definition) is 4. The molecular weight excluding hydrogens is 334 g/mol. The van der Waals surface area contributed by atoms with Crippen molar-refractivity contribution in [2.45, 2.75) is 26.3 Å². The largest absolute Gasteiger partial charge is 0.332 e. The third-order valence-corrected chi connectivity index (χ3v) is 5.41. The SMILES string of the molecule is CC1=C(c2cn(CCCc3cccs3)c3ncccc23)C(=O)NC1=O. The van der Waals surface area contributed by atoms with Crippen LogP contribution in [0.4, 0.5) is 0 Å². The van der Waals surface area contributed by atoms with Crippen molar-refractivity contribution in [3.05, 3.63) is 58.1 Å². The lowest BCUT2D eigenvalue weighted by Gasteiger charge is -2.03. The first-order chi connectivity index (χ1) is 12.1. The Balaban J connectivity index is 1.69. The van der Waals surface area contributed by atoms with Gasteiger partial charge in [0.15, 0.2) is 0 Å². The fourth-order valence-corrected chi connectivity index (χ4v) is 3.99. The number of carbonyl (C=O) groups is 2. The number of carbonyl (C=O) groups excluding carboxylic acids is 2. The molecule has 0 aliphatic carbocycles. The Kier molecular flexibility index (Phi) is 3.97. The molecule has 0 radical (unpaired) electrons. The van der Waals surface area contributed by atoms with Gasteiger partial charge in [0.2, 0.25) is 0 Å². The maximum atomic E-state index is 12.2. The highest BCUT2D eigenvalue weighted by Crippen LogP contribution is 2.31. The summed E-state index contributed by atoms with van der Waals surface area (Å²) in [4.78, 5) is 29.9. The number of pyridine rings is 1. The van der Waals surface area contributed by atoms with Gasteiger partial charge in [-0.25, -0.2) is 4.98 Å². The van der Waals surface area contributed by atoms with E-state index in [0.29, 0.717) is 11.1 Å². The minimum Gasteiger partial charge on any atom is -0.332 e. The molecule has 126 valence electrons. The smallest absolute Gasteiger partial charge is 0.259 e. The minimum absolute atomic E-state index is 0.317. The molecule has 1 aliphatic heterocycles. The van der Waals surface area contributed by atoms with Crippen LogP contribution in [0, 0.1) is 0 Å². The summed E-state index contributed by atoms with van der Waals surface area (Å²) < 4.78 is 2.08. The molecule has 0 bridgehead atoms. The average Bonchev–Trinajstić information content (AvgIpc) is 3.29. The second kappa shape index (κ2) is 6.29. The van der Waals surface area contributed by atoms with Crippen molar-refractivity contribution in [1.29, 1.82) is 0 Å². The molecule has 0 atom stereocenters. The van der Waals surface area contributed by atoms with E-state index in [9.17, 15) is 9.59 Å². The van der Waals surface area contributed by atoms with E-state index in [-0.39, 0.29) is 11.8 Å². The maximum absolute atomic E-state index is 12.2. The zero-order chi connectivity index (χ0) is 17.4. The topological polar surface area (TPSA) is 64.0 Å². The van der Waals surface area contributed by atoms with Gasteiger partial charge in [0.05, 0.1) is 5.57 Å². The number of nitrogens with one attached hydrogen (secondary N) is 1. The first-order valence-electron chi connectivity index (χ1n) is 8.18. The Bertz CT molecular complexity index is 999. The summed E-state index contributed by atoms with van der Waals surface area (Å²) in [7, 11) is 0. The molecule has 3 aromatic heterocycles. The molecule has 5 nitrogen and oxygen atoms in total. The van der Waals surface area contributed by atoms with Crippen LogP contribution in [0.3, 0.4) is 0 Å². The number of thiophene rings is 1. The van der Waals surface area contributed by atoms with E-state index in [1.165, 1.54) is 4.88 Å². The summed E-state index contributed by atoms with van der Waals surface area (Å²) in [5.74, 6) is -0.647. The number of imide groups is 1. The van der Waals surface area contributed by atoms with Gasteiger partial charge in [-0.1, -0.05) is 6.07 Å². The van der Waals surface area contributed by atoms with Crippen LogP contribution < -0.4 is 5.32 Å². The lowest BCUT2D eigenvalue weighted by molar-refractivity contribution is -0.123. The van der Waals surface area contributed by atoms with E-state index in [0.717, 1.165) is 36.0 Å². The van der Waals surface area contributed by atoms with Crippen LogP contribution in [-0.2, 0) is 22.6 Å². The minimum atomic E-state index is -0.330. The molecule has 1 N–H and O–H groups in total. The molecule has 0 aromatic carbocycles. The van der Waals surface area contributed by atoms with Crippen LogP contribution in [0.1, 0.15) is 23.8 Å². The number of nitrogens with zero attached hydrogens (tertiary/aromatic N) is 2. The quantitative estimate of drug-likeness (QED) is 0.718. The molecule has 0 spiro atoms. The van der Waals surface area contributed by atoms with Gasteiger partial charge in [-0.2, -0.15) is 0 Å². The fraction of sp³-hybridized carbons (Fsp3) is 0.211. The fourth-order valence-electron chi connectivity index (χ4n) is 3.24. The van der Waals surface area contributed by atoms with Gasteiger partial charge in [0.1, 0.15) is 5.65 Å². The molecule has 0 saturated heterocycles. The van der Waals surface area contributed by atoms with Crippen molar-refractivity contribution >= 4 is 39.8 Å². The van der Waals surface area contributed by atoms with Gasteiger partial charge in [0, 0.05) is 40.3 Å². The summed E-state index contributed by atoms with van der Waals surface area (Å²) in [6.07, 6.45) is 5.70. The van der Waals surface area contributed by atoms with Crippen LogP contribution in [0.25, 0.3) is 16.6 Å². The predicted octanol–water partition coefficient (Wildman–Crippen LogP) is 3.16. The van der Waals surface area contributed by atoms with Crippen LogP contribution >= 0.6 is 11.3 Å². The third kappa shape index (κ3) is 2.78. The van der Waals surface area contributed by atoms with Crippen molar-refractivity contribution in [2.24, 2.45) is 0 Å². The summed E-state index contributed by atoms with van der Waals surface area (Å²) in [6, 6.07) is 8.01. The summed E-state index contributed by atoms with van der Waals surface area (Å²) >= 11 is 1.77. The molecular formula is C19H17N3O2S. The Labute approximate surface area is 149 Å². The number of aromatic nitrogens is 2. The number of aryl methyl sites for hydroxylation is 2. The second-order valence-corrected chi connectivity index (χ2v) is 7.11. The van der Waals surface area contributed by atoms with Gasteiger partial charge in [-0.15, -0.1) is 11.3 Å². The van der Waals surface area contributed by atoms with Crippen LogP contribution in [0.2, 0.25) is 0 Å². The molecule has 0 unspecified atom stereocenters. The van der Waals surface area contributed by atoms with Crippen molar-refractivity contribution in [2.75, 3.05) is 0 Å².